The van der Waals surface area contributed by atoms with Gasteiger partial charge in [-0.15, -0.1) is 11.8 Å². The molecule has 2 aliphatic carbocycles. The molecule has 0 amide bonds. The average molecular weight is 486 g/mol. The van der Waals surface area contributed by atoms with Crippen molar-refractivity contribution in [2.45, 2.75) is 22.9 Å². The van der Waals surface area contributed by atoms with Crippen LogP contribution in [0.25, 0.3) is 11.1 Å². The van der Waals surface area contributed by atoms with Crippen LogP contribution in [0.5, 0.6) is 0 Å². The summed E-state index contributed by atoms with van der Waals surface area (Å²) in [5.74, 6) is 1.44. The monoisotopic (exact) mass is 485 g/mol. The van der Waals surface area contributed by atoms with Crippen molar-refractivity contribution >= 4 is 23.3 Å². The second kappa shape index (κ2) is 7.06. The highest BCUT2D eigenvalue weighted by atomic mass is 32.2. The Balaban J connectivity index is 1.58. The van der Waals surface area contributed by atoms with Gasteiger partial charge in [0.25, 0.3) is 0 Å². The lowest BCUT2D eigenvalue weighted by Crippen LogP contribution is -2.64. The topological polar surface area (TPSA) is 37.4 Å². The highest BCUT2D eigenvalue weighted by molar-refractivity contribution is 7.99. The molecule has 36 heavy (non-hydrogen) atoms. The molecule has 8 rings (SSSR count). The van der Waals surface area contributed by atoms with Crippen LogP contribution in [0.3, 0.4) is 0 Å². The molecule has 2 atom stereocenters. The standard InChI is InChI=1S/C32H23NO2S/c34-29-23-14-4-5-15-24(23)30(35)32(29)31(25-16-8-6-12-21(25)22-13-7-9-17-26(22)31)28(20-10-2-1-3-11-20)27-18-36-19-33(27)32/h1-17,27-28H,18-19H2. The summed E-state index contributed by atoms with van der Waals surface area (Å²) < 4.78 is 0. The van der Waals surface area contributed by atoms with Crippen LogP contribution < -0.4 is 0 Å². The van der Waals surface area contributed by atoms with Crippen molar-refractivity contribution in [1.82, 2.24) is 4.90 Å². The van der Waals surface area contributed by atoms with E-state index in [2.05, 4.69) is 77.7 Å². The number of thioether (sulfide) groups is 1. The minimum atomic E-state index is -1.31. The predicted octanol–water partition coefficient (Wildman–Crippen LogP) is 5.94. The van der Waals surface area contributed by atoms with Gasteiger partial charge in [0.2, 0.25) is 0 Å². The van der Waals surface area contributed by atoms with Crippen LogP contribution in [0.2, 0.25) is 0 Å². The number of fused-ring (bicyclic) bond motifs is 9. The molecule has 2 fully saturated rings. The van der Waals surface area contributed by atoms with E-state index < -0.39 is 11.0 Å². The Morgan fingerprint density at radius 1 is 0.639 bits per heavy atom. The summed E-state index contributed by atoms with van der Waals surface area (Å²) in [6.07, 6.45) is 0. The SMILES string of the molecule is O=C1c2ccccc2C(=O)C12N1CSCC1C(c1ccccc1)C21c2ccccc2-c2ccccc21. The van der Waals surface area contributed by atoms with Gasteiger partial charge in [0, 0.05) is 34.7 Å². The number of carbonyl (C=O) groups is 2. The van der Waals surface area contributed by atoms with Gasteiger partial charge in [-0.1, -0.05) is 103 Å². The highest BCUT2D eigenvalue weighted by Gasteiger charge is 2.80. The Hall–Kier alpha value is -3.47. The number of benzene rings is 4. The smallest absolute Gasteiger partial charge is 0.193 e. The lowest BCUT2D eigenvalue weighted by atomic mass is 9.55. The summed E-state index contributed by atoms with van der Waals surface area (Å²) in [6.45, 7) is 0. The van der Waals surface area contributed by atoms with E-state index in [1.54, 1.807) is 0 Å². The van der Waals surface area contributed by atoms with Crippen molar-refractivity contribution in [2.24, 2.45) is 0 Å². The second-order valence-corrected chi connectivity index (χ2v) is 11.2. The molecule has 0 aromatic heterocycles. The minimum Gasteiger partial charge on any atom is -0.291 e. The van der Waals surface area contributed by atoms with Crippen molar-refractivity contribution in [3.05, 3.63) is 131 Å². The Morgan fingerprint density at radius 2 is 1.14 bits per heavy atom. The van der Waals surface area contributed by atoms with E-state index in [-0.39, 0.29) is 23.5 Å². The molecule has 2 heterocycles. The number of hydrogen-bond acceptors (Lipinski definition) is 4. The molecule has 2 saturated heterocycles. The predicted molar refractivity (Wildman–Crippen MR) is 143 cm³/mol. The maximum atomic E-state index is 14.9. The Labute approximate surface area is 214 Å². The first-order chi connectivity index (χ1) is 17.7. The van der Waals surface area contributed by atoms with Gasteiger partial charge in [-0.2, -0.15) is 0 Å². The largest absolute Gasteiger partial charge is 0.291 e. The zero-order valence-electron chi connectivity index (χ0n) is 19.6. The van der Waals surface area contributed by atoms with E-state index in [9.17, 15) is 9.59 Å². The third-order valence-electron chi connectivity index (χ3n) is 9.00. The van der Waals surface area contributed by atoms with Gasteiger partial charge in [0.15, 0.2) is 17.1 Å². The summed E-state index contributed by atoms with van der Waals surface area (Å²) in [5.41, 5.74) is 4.67. The molecule has 0 radical (unpaired) electrons. The molecule has 0 saturated carbocycles. The zero-order chi connectivity index (χ0) is 24.1. The molecular weight excluding hydrogens is 462 g/mol. The molecule has 3 nitrogen and oxygen atoms in total. The van der Waals surface area contributed by atoms with E-state index in [0.29, 0.717) is 17.0 Å². The number of ketones is 2. The fraction of sp³-hybridized carbons (Fsp3) is 0.188. The molecule has 0 N–H and O–H groups in total. The van der Waals surface area contributed by atoms with Crippen LogP contribution in [0, 0.1) is 0 Å². The first-order valence-electron chi connectivity index (χ1n) is 12.5. The minimum absolute atomic E-state index is 0.0410. The molecule has 4 aromatic rings. The first-order valence-corrected chi connectivity index (χ1v) is 13.6. The molecule has 2 spiro atoms. The average Bonchev–Trinajstić information content (AvgIpc) is 3.64. The van der Waals surface area contributed by atoms with E-state index in [1.807, 2.05) is 42.1 Å². The molecule has 4 aromatic carbocycles. The highest BCUT2D eigenvalue weighted by Crippen LogP contribution is 2.70. The van der Waals surface area contributed by atoms with Crippen molar-refractivity contribution in [1.29, 1.82) is 0 Å². The Bertz CT molecular complexity index is 1510. The lowest BCUT2D eigenvalue weighted by molar-refractivity contribution is 0.0515. The molecule has 4 heteroatoms. The fourth-order valence-corrected chi connectivity index (χ4v) is 9.24. The van der Waals surface area contributed by atoms with Crippen LogP contribution >= 0.6 is 11.8 Å². The Morgan fingerprint density at radius 3 is 1.72 bits per heavy atom. The second-order valence-electron chi connectivity index (χ2n) is 10.2. The quantitative estimate of drug-likeness (QED) is 0.313. The summed E-state index contributed by atoms with van der Waals surface area (Å²) in [4.78, 5) is 32.0. The van der Waals surface area contributed by atoms with Crippen LogP contribution in [-0.4, -0.2) is 39.7 Å². The number of nitrogens with zero attached hydrogens (tertiary/aromatic N) is 1. The van der Waals surface area contributed by atoms with Gasteiger partial charge in [-0.25, -0.2) is 0 Å². The maximum Gasteiger partial charge on any atom is 0.193 e. The van der Waals surface area contributed by atoms with E-state index >= 15 is 0 Å². The molecule has 2 unspecified atom stereocenters. The summed E-state index contributed by atoms with van der Waals surface area (Å²) in [6, 6.07) is 35.0. The number of hydrogen-bond donors (Lipinski definition) is 0. The summed E-state index contributed by atoms with van der Waals surface area (Å²) >= 11 is 1.83. The lowest BCUT2D eigenvalue weighted by Gasteiger charge is -2.46. The van der Waals surface area contributed by atoms with Crippen molar-refractivity contribution in [3.8, 4) is 11.1 Å². The van der Waals surface area contributed by atoms with Crippen LogP contribution in [-0.2, 0) is 5.41 Å². The first kappa shape index (κ1) is 20.7. The van der Waals surface area contributed by atoms with Crippen molar-refractivity contribution in [3.63, 3.8) is 0 Å². The van der Waals surface area contributed by atoms with E-state index in [4.69, 9.17) is 0 Å². The van der Waals surface area contributed by atoms with Crippen LogP contribution in [0.15, 0.2) is 103 Å². The molecule has 174 valence electrons. The number of rotatable bonds is 1. The summed E-state index contributed by atoms with van der Waals surface area (Å²) in [5, 5.41) is 0. The normalized spacial score (nSPS) is 24.2. The number of carbonyl (C=O) groups excluding carboxylic acids is 2. The van der Waals surface area contributed by atoms with Crippen molar-refractivity contribution in [2.75, 3.05) is 11.6 Å². The van der Waals surface area contributed by atoms with E-state index in [1.165, 1.54) is 5.56 Å². The van der Waals surface area contributed by atoms with Gasteiger partial charge in [0.05, 0.1) is 5.41 Å². The molecule has 0 bridgehead atoms. The van der Waals surface area contributed by atoms with Crippen LogP contribution in [0.4, 0.5) is 0 Å². The third-order valence-corrected chi connectivity index (χ3v) is 10.0. The molecular formula is C32H23NO2S. The Kier molecular flexibility index (Phi) is 4.06. The van der Waals surface area contributed by atoms with Gasteiger partial charge in [-0.3, -0.25) is 14.5 Å². The number of Topliss-reactive ketones (excluding diaryl/α,β-unsaturated/α-hetero) is 2. The zero-order valence-corrected chi connectivity index (χ0v) is 20.4. The third kappa shape index (κ3) is 2.10. The summed E-state index contributed by atoms with van der Waals surface area (Å²) in [7, 11) is 0. The maximum absolute atomic E-state index is 14.9. The fourth-order valence-electron chi connectivity index (χ4n) is 7.94. The van der Waals surface area contributed by atoms with Gasteiger partial charge < -0.3 is 0 Å². The molecule has 2 aliphatic heterocycles. The van der Waals surface area contributed by atoms with Gasteiger partial charge in [0.1, 0.15) is 0 Å². The van der Waals surface area contributed by atoms with Crippen molar-refractivity contribution < 1.29 is 9.59 Å². The molecule has 4 aliphatic rings. The van der Waals surface area contributed by atoms with E-state index in [0.717, 1.165) is 28.0 Å². The van der Waals surface area contributed by atoms with Gasteiger partial charge >= 0.3 is 0 Å². The van der Waals surface area contributed by atoms with Gasteiger partial charge in [-0.05, 0) is 27.8 Å². The van der Waals surface area contributed by atoms with Crippen LogP contribution in [0.1, 0.15) is 43.3 Å².